The summed E-state index contributed by atoms with van der Waals surface area (Å²) in [7, 11) is 0. The first kappa shape index (κ1) is 26.2. The van der Waals surface area contributed by atoms with Gasteiger partial charge in [0.2, 0.25) is 0 Å². The number of ether oxygens (including phenoxy) is 1. The van der Waals surface area contributed by atoms with Gasteiger partial charge in [0.25, 0.3) is 0 Å². The average Bonchev–Trinajstić information content (AvgIpc) is 2.80. The van der Waals surface area contributed by atoms with E-state index in [-0.39, 0.29) is 10.4 Å². The van der Waals surface area contributed by atoms with Crippen LogP contribution in [0, 0.1) is 18.6 Å². The topological polar surface area (TPSA) is 21.6 Å². The van der Waals surface area contributed by atoms with Gasteiger partial charge in [0.15, 0.2) is 0 Å². The van der Waals surface area contributed by atoms with Gasteiger partial charge in [-0.2, -0.15) is 0 Å². The summed E-state index contributed by atoms with van der Waals surface area (Å²) in [6.07, 6.45) is 6.09. The predicted octanol–water partition coefficient (Wildman–Crippen LogP) is 8.68. The Labute approximate surface area is 199 Å². The Morgan fingerprint density at radius 1 is 1.22 bits per heavy atom. The lowest BCUT2D eigenvalue weighted by molar-refractivity contribution is 0.288. The van der Waals surface area contributed by atoms with Crippen LogP contribution in [0.2, 0.25) is 0 Å². The molecular formula is C27H34BrF2NO. The van der Waals surface area contributed by atoms with E-state index in [1.54, 1.807) is 0 Å². The van der Waals surface area contributed by atoms with E-state index in [1.807, 2.05) is 20.0 Å². The Hall–Kier alpha value is -2.01. The molecule has 0 bridgehead atoms. The van der Waals surface area contributed by atoms with Crippen molar-refractivity contribution in [3.8, 4) is 5.75 Å². The van der Waals surface area contributed by atoms with Crippen LogP contribution in [0.4, 0.5) is 8.78 Å². The van der Waals surface area contributed by atoms with E-state index in [0.717, 1.165) is 43.8 Å². The van der Waals surface area contributed by atoms with Gasteiger partial charge < -0.3 is 4.74 Å². The van der Waals surface area contributed by atoms with Crippen molar-refractivity contribution in [3.05, 3.63) is 74.4 Å². The quantitative estimate of drug-likeness (QED) is 0.294. The lowest BCUT2D eigenvalue weighted by Crippen LogP contribution is -2.10. The maximum Gasteiger partial charge on any atom is 0.143 e. The van der Waals surface area contributed by atoms with Crippen molar-refractivity contribution in [1.29, 1.82) is 0 Å². The highest BCUT2D eigenvalue weighted by atomic mass is 79.9. The van der Waals surface area contributed by atoms with Crippen LogP contribution in [-0.2, 0) is 6.42 Å². The number of halogens is 3. The number of aliphatic imine (C=N–C) groups is 1. The smallest absolute Gasteiger partial charge is 0.143 e. The van der Waals surface area contributed by atoms with Crippen LogP contribution in [0.15, 0.2) is 45.5 Å². The lowest BCUT2D eigenvalue weighted by atomic mass is 9.97. The summed E-state index contributed by atoms with van der Waals surface area (Å²) in [5.41, 5.74) is 6.75. The molecule has 0 saturated carbocycles. The second-order valence-corrected chi connectivity index (χ2v) is 9.14. The molecule has 3 rings (SSSR count). The number of fused-ring (bicyclic) bond motifs is 1. The number of aryl methyl sites for hydroxylation is 2. The van der Waals surface area contributed by atoms with Gasteiger partial charge in [-0.1, -0.05) is 32.4 Å². The van der Waals surface area contributed by atoms with Gasteiger partial charge in [0.05, 0.1) is 11.1 Å². The highest BCUT2D eigenvalue weighted by Crippen LogP contribution is 2.29. The number of hydrogen-bond acceptors (Lipinski definition) is 2. The van der Waals surface area contributed by atoms with E-state index in [4.69, 9.17) is 4.74 Å². The minimum Gasteiger partial charge on any atom is -0.493 e. The Kier molecular flexibility index (Phi) is 10.1. The fourth-order valence-corrected chi connectivity index (χ4v) is 3.76. The zero-order valence-electron chi connectivity index (χ0n) is 20.0. The molecule has 1 unspecified atom stereocenters. The molecule has 0 radical (unpaired) electrons. The van der Waals surface area contributed by atoms with Crippen molar-refractivity contribution in [2.45, 2.75) is 73.1 Å². The summed E-state index contributed by atoms with van der Waals surface area (Å²) in [6.45, 7) is 13.2. The summed E-state index contributed by atoms with van der Waals surface area (Å²) in [5, 5.41) is 0. The third-order valence-corrected chi connectivity index (χ3v) is 6.62. The van der Waals surface area contributed by atoms with Gasteiger partial charge in [-0.3, -0.25) is 4.99 Å². The minimum absolute atomic E-state index is 0.0645. The van der Waals surface area contributed by atoms with Crippen LogP contribution < -0.4 is 4.74 Å². The fraction of sp³-hybridized carbons (Fsp3) is 0.444. The lowest BCUT2D eigenvalue weighted by Gasteiger charge is -2.19. The summed E-state index contributed by atoms with van der Waals surface area (Å²) in [4.78, 5) is 4.59. The van der Waals surface area contributed by atoms with Gasteiger partial charge in [-0.15, -0.1) is 0 Å². The van der Waals surface area contributed by atoms with Crippen molar-refractivity contribution in [2.75, 3.05) is 6.61 Å². The van der Waals surface area contributed by atoms with E-state index in [0.29, 0.717) is 5.56 Å². The van der Waals surface area contributed by atoms with Crippen molar-refractivity contribution in [1.82, 2.24) is 0 Å². The van der Waals surface area contributed by atoms with Crippen molar-refractivity contribution >= 4 is 21.6 Å². The molecule has 5 heteroatoms. The fourth-order valence-electron chi connectivity index (χ4n) is 3.40. The Bertz CT molecular complexity index is 998. The molecule has 0 spiro atoms. The maximum absolute atomic E-state index is 13.4. The molecule has 2 aromatic carbocycles. The van der Waals surface area contributed by atoms with Crippen LogP contribution >= 0.6 is 15.9 Å². The van der Waals surface area contributed by atoms with E-state index in [1.165, 1.54) is 34.4 Å². The number of hydrogen-bond donors (Lipinski definition) is 0. The van der Waals surface area contributed by atoms with Crippen molar-refractivity contribution in [2.24, 2.45) is 4.99 Å². The zero-order chi connectivity index (χ0) is 23.8. The molecule has 1 aliphatic rings. The normalized spacial score (nSPS) is 14.8. The van der Waals surface area contributed by atoms with E-state index < -0.39 is 11.6 Å². The van der Waals surface area contributed by atoms with Crippen LogP contribution in [0.1, 0.15) is 82.1 Å². The first-order valence-corrected chi connectivity index (χ1v) is 12.1. The molecule has 1 heterocycles. The van der Waals surface area contributed by atoms with E-state index >= 15 is 0 Å². The number of rotatable bonds is 5. The number of nitrogens with zero attached hydrogens (tertiary/aromatic N) is 1. The van der Waals surface area contributed by atoms with Crippen LogP contribution in [0.5, 0.6) is 5.75 Å². The summed E-state index contributed by atoms with van der Waals surface area (Å²) in [6, 6.07) is 7.19. The summed E-state index contributed by atoms with van der Waals surface area (Å²) >= 11 is 2.88. The van der Waals surface area contributed by atoms with Gasteiger partial charge in [0.1, 0.15) is 17.4 Å². The maximum atomic E-state index is 13.4. The standard InChI is InChI=1S/C17H23NO.C10H11BrF2/c1-5-12(2)11-18-14(4)16-10-15-7-6-8-19-17(15)9-13(16)3;1-3-6(2)7-4-5-8(12)9(11)10(7)13/h9-11H,5-8H2,1-4H3;4-6H,3H2,1-2H3/b12-11+,18-14?;. The minimum atomic E-state index is -0.551. The molecule has 2 aromatic rings. The summed E-state index contributed by atoms with van der Waals surface area (Å²) in [5.74, 6) is 0.149. The first-order chi connectivity index (χ1) is 15.2. The second kappa shape index (κ2) is 12.3. The van der Waals surface area contributed by atoms with Crippen molar-refractivity contribution < 1.29 is 13.5 Å². The van der Waals surface area contributed by atoms with Crippen LogP contribution in [0.3, 0.4) is 0 Å². The predicted molar refractivity (Wildman–Crippen MR) is 134 cm³/mol. The number of allylic oxidation sites excluding steroid dienone is 1. The molecule has 2 nitrogen and oxygen atoms in total. The second-order valence-electron chi connectivity index (χ2n) is 8.34. The highest BCUT2D eigenvalue weighted by molar-refractivity contribution is 9.10. The van der Waals surface area contributed by atoms with Gasteiger partial charge in [-0.25, -0.2) is 8.78 Å². The largest absolute Gasteiger partial charge is 0.493 e. The molecule has 174 valence electrons. The molecule has 0 amide bonds. The van der Waals surface area contributed by atoms with Crippen molar-refractivity contribution in [3.63, 3.8) is 0 Å². The molecule has 1 atom stereocenters. The Morgan fingerprint density at radius 3 is 2.59 bits per heavy atom. The summed E-state index contributed by atoms with van der Waals surface area (Å²) < 4.78 is 31.9. The molecule has 1 aliphatic heterocycles. The molecule has 32 heavy (non-hydrogen) atoms. The first-order valence-electron chi connectivity index (χ1n) is 11.3. The van der Waals surface area contributed by atoms with Gasteiger partial charge >= 0.3 is 0 Å². The SMILES string of the molecule is CC/C(C)=C/N=C(C)c1cc2c(cc1C)OCCC2.CCC(C)c1ccc(F)c(Br)c1F. The van der Waals surface area contributed by atoms with Gasteiger partial charge in [-0.05, 0) is 109 Å². The molecule has 0 fully saturated rings. The molecule has 0 N–H and O–H groups in total. The molecule has 0 aromatic heterocycles. The monoisotopic (exact) mass is 505 g/mol. The zero-order valence-corrected chi connectivity index (χ0v) is 21.6. The molecular weight excluding hydrogens is 472 g/mol. The van der Waals surface area contributed by atoms with Gasteiger partial charge in [0, 0.05) is 11.9 Å². The highest BCUT2D eigenvalue weighted by Gasteiger charge is 2.15. The Balaban J connectivity index is 0.000000244. The molecule has 0 aliphatic carbocycles. The molecule has 0 saturated heterocycles. The number of benzene rings is 2. The third-order valence-electron chi connectivity index (χ3n) is 5.89. The van der Waals surface area contributed by atoms with Crippen LogP contribution in [0.25, 0.3) is 0 Å². The Morgan fingerprint density at radius 2 is 1.94 bits per heavy atom. The van der Waals surface area contributed by atoms with E-state index in [2.05, 4.69) is 60.8 Å². The third kappa shape index (κ3) is 6.74. The van der Waals surface area contributed by atoms with E-state index in [9.17, 15) is 8.78 Å². The average molecular weight is 506 g/mol. The van der Waals surface area contributed by atoms with Crippen LogP contribution in [-0.4, -0.2) is 12.3 Å².